The lowest BCUT2D eigenvalue weighted by atomic mass is 9.95. The van der Waals surface area contributed by atoms with Crippen molar-refractivity contribution in [2.45, 2.75) is 26.5 Å². The molecule has 2 aromatic carbocycles. The van der Waals surface area contributed by atoms with Crippen LogP contribution in [0.5, 0.6) is 11.5 Å². The number of allylic oxidation sites excluding steroid dienone is 1. The Balaban J connectivity index is 1.71. The van der Waals surface area contributed by atoms with Crippen LogP contribution in [0.3, 0.4) is 0 Å². The van der Waals surface area contributed by atoms with Gasteiger partial charge < -0.3 is 19.5 Å². The maximum atomic E-state index is 14.0. The fourth-order valence-corrected chi connectivity index (χ4v) is 3.55. The van der Waals surface area contributed by atoms with Crippen LogP contribution < -0.4 is 14.8 Å². The second-order valence-electron chi connectivity index (χ2n) is 7.02. The van der Waals surface area contributed by atoms with Crippen LogP contribution in [0, 0.1) is 5.82 Å². The van der Waals surface area contributed by atoms with Gasteiger partial charge >= 0.3 is 5.97 Å². The van der Waals surface area contributed by atoms with Crippen molar-refractivity contribution in [3.63, 3.8) is 0 Å². The van der Waals surface area contributed by atoms with E-state index >= 15 is 0 Å². The van der Waals surface area contributed by atoms with Gasteiger partial charge in [-0.1, -0.05) is 29.4 Å². The highest BCUT2D eigenvalue weighted by atomic mass is 19.1. The van der Waals surface area contributed by atoms with Crippen LogP contribution in [0.2, 0.25) is 0 Å². The van der Waals surface area contributed by atoms with Gasteiger partial charge in [-0.2, -0.15) is 4.68 Å². The molecule has 0 aliphatic carbocycles. The first-order valence-corrected chi connectivity index (χ1v) is 10.00. The third-order valence-corrected chi connectivity index (χ3v) is 5.04. The number of fused-ring (bicyclic) bond motifs is 1. The smallest absolute Gasteiger partial charge is 0.338 e. The molecule has 1 aromatic heterocycles. The number of aromatic nitrogens is 4. The number of carbonyl (C=O) groups excluding carboxylic acids is 1. The molecule has 10 heteroatoms. The van der Waals surface area contributed by atoms with Gasteiger partial charge in [0.05, 0.1) is 19.3 Å². The molecule has 0 fully saturated rings. The molecule has 1 aliphatic rings. The number of hydrogen-bond donors (Lipinski definition) is 1. The molecule has 166 valence electrons. The number of benzene rings is 2. The molecule has 32 heavy (non-hydrogen) atoms. The highest BCUT2D eigenvalue weighted by Crippen LogP contribution is 2.39. The van der Waals surface area contributed by atoms with Crippen molar-refractivity contribution in [1.29, 1.82) is 0 Å². The van der Waals surface area contributed by atoms with E-state index < -0.39 is 12.0 Å². The highest BCUT2D eigenvalue weighted by molar-refractivity contribution is 5.92. The number of halogens is 1. The average Bonchev–Trinajstić information content (AvgIpc) is 3.26. The van der Waals surface area contributed by atoms with Crippen molar-refractivity contribution >= 4 is 11.9 Å². The Hall–Kier alpha value is -3.95. The molecule has 0 saturated heterocycles. The topological polar surface area (TPSA) is 100 Å². The van der Waals surface area contributed by atoms with Crippen LogP contribution in [0.1, 0.15) is 31.0 Å². The standard InChI is InChI=1S/C22H22FN5O4/c1-4-31-18-11-14(9-10-17(18)32-12-15-7-5-6-8-16(15)23)20-19(21(29)30-3)13(2)24-22-25-26-27-28(20)22/h5-11,20H,4,12H2,1-3H3,(H,24,25,27). The van der Waals surface area contributed by atoms with E-state index in [1.807, 2.05) is 6.92 Å². The summed E-state index contributed by atoms with van der Waals surface area (Å²) in [6.07, 6.45) is 0. The predicted octanol–water partition coefficient (Wildman–Crippen LogP) is 3.25. The number of carbonyl (C=O) groups is 1. The molecule has 1 aliphatic heterocycles. The highest BCUT2D eigenvalue weighted by Gasteiger charge is 2.35. The SMILES string of the molecule is CCOc1cc(C2C(C(=O)OC)=C(C)Nc3nnnn32)ccc1OCc1ccccc1F. The molecule has 9 nitrogen and oxygen atoms in total. The van der Waals surface area contributed by atoms with Crippen LogP contribution in [0.15, 0.2) is 53.7 Å². The molecule has 1 atom stereocenters. The molecule has 0 spiro atoms. The van der Waals surface area contributed by atoms with Gasteiger partial charge in [-0.25, -0.2) is 9.18 Å². The van der Waals surface area contributed by atoms with E-state index in [0.29, 0.717) is 46.5 Å². The Kier molecular flexibility index (Phi) is 6.02. The number of nitrogens with one attached hydrogen (secondary N) is 1. The number of anilines is 1. The first kappa shape index (κ1) is 21.3. The minimum Gasteiger partial charge on any atom is -0.490 e. The van der Waals surface area contributed by atoms with Crippen molar-refractivity contribution < 1.29 is 23.4 Å². The van der Waals surface area contributed by atoms with Crippen LogP contribution in [-0.4, -0.2) is 39.9 Å². The van der Waals surface area contributed by atoms with Crippen molar-refractivity contribution in [3.8, 4) is 11.5 Å². The van der Waals surface area contributed by atoms with Crippen LogP contribution in [0.4, 0.5) is 10.3 Å². The molecule has 2 heterocycles. The largest absolute Gasteiger partial charge is 0.490 e. The summed E-state index contributed by atoms with van der Waals surface area (Å²) in [6.45, 7) is 4.04. The van der Waals surface area contributed by atoms with Gasteiger partial charge in [0.2, 0.25) is 5.95 Å². The minimum absolute atomic E-state index is 0.0447. The van der Waals surface area contributed by atoms with E-state index in [0.717, 1.165) is 0 Å². The summed E-state index contributed by atoms with van der Waals surface area (Å²) in [6, 6.07) is 11.1. The summed E-state index contributed by atoms with van der Waals surface area (Å²) in [4.78, 5) is 12.6. The lowest BCUT2D eigenvalue weighted by Crippen LogP contribution is -2.29. The zero-order chi connectivity index (χ0) is 22.7. The summed E-state index contributed by atoms with van der Waals surface area (Å²) in [5, 5.41) is 14.7. The van der Waals surface area contributed by atoms with E-state index in [4.69, 9.17) is 14.2 Å². The summed E-state index contributed by atoms with van der Waals surface area (Å²) in [7, 11) is 1.32. The van der Waals surface area contributed by atoms with E-state index in [9.17, 15) is 9.18 Å². The molecule has 0 amide bonds. The maximum Gasteiger partial charge on any atom is 0.338 e. The zero-order valence-electron chi connectivity index (χ0n) is 17.8. The lowest BCUT2D eigenvalue weighted by Gasteiger charge is -2.27. The second kappa shape index (κ2) is 9.04. The number of tetrazole rings is 1. The summed E-state index contributed by atoms with van der Waals surface area (Å²) < 4.78 is 32.1. The number of ether oxygens (including phenoxy) is 3. The van der Waals surface area contributed by atoms with Crippen molar-refractivity contribution in [1.82, 2.24) is 20.2 Å². The molecule has 1 unspecified atom stereocenters. The average molecular weight is 439 g/mol. The van der Waals surface area contributed by atoms with E-state index in [1.54, 1.807) is 43.3 Å². The first-order chi connectivity index (χ1) is 15.5. The Morgan fingerprint density at radius 2 is 2.00 bits per heavy atom. The fourth-order valence-electron chi connectivity index (χ4n) is 3.55. The Morgan fingerprint density at radius 3 is 2.75 bits per heavy atom. The maximum absolute atomic E-state index is 14.0. The molecule has 1 N–H and O–H groups in total. The van der Waals surface area contributed by atoms with E-state index in [2.05, 4.69) is 20.8 Å². The minimum atomic E-state index is -0.631. The van der Waals surface area contributed by atoms with Gasteiger partial charge in [0.25, 0.3) is 0 Å². The monoisotopic (exact) mass is 439 g/mol. The number of nitrogens with zero attached hydrogens (tertiary/aromatic N) is 4. The molecular weight excluding hydrogens is 417 g/mol. The number of methoxy groups -OCH3 is 1. The lowest BCUT2D eigenvalue weighted by molar-refractivity contribution is -0.136. The first-order valence-electron chi connectivity index (χ1n) is 10.00. The predicted molar refractivity (Wildman–Crippen MR) is 113 cm³/mol. The van der Waals surface area contributed by atoms with Gasteiger partial charge in [-0.15, -0.1) is 0 Å². The molecule has 4 rings (SSSR count). The summed E-state index contributed by atoms with van der Waals surface area (Å²) >= 11 is 0. The fraction of sp³-hybridized carbons (Fsp3) is 0.273. The van der Waals surface area contributed by atoms with Crippen molar-refractivity contribution in [2.24, 2.45) is 0 Å². The van der Waals surface area contributed by atoms with Gasteiger partial charge in [-0.3, -0.25) is 0 Å². The molecule has 0 saturated carbocycles. The van der Waals surface area contributed by atoms with Gasteiger partial charge in [0.15, 0.2) is 11.5 Å². The third kappa shape index (κ3) is 3.98. The summed E-state index contributed by atoms with van der Waals surface area (Å²) in [5.74, 6) is 0.463. The molecular formula is C22H22FN5O4. The van der Waals surface area contributed by atoms with Crippen LogP contribution in [0.25, 0.3) is 0 Å². The molecule has 0 bridgehead atoms. The zero-order valence-corrected chi connectivity index (χ0v) is 17.8. The quantitative estimate of drug-likeness (QED) is 0.560. The number of rotatable bonds is 7. The van der Waals surface area contributed by atoms with Crippen molar-refractivity contribution in [3.05, 3.63) is 70.7 Å². The van der Waals surface area contributed by atoms with Gasteiger partial charge in [0, 0.05) is 11.3 Å². The van der Waals surface area contributed by atoms with E-state index in [-0.39, 0.29) is 12.4 Å². The second-order valence-corrected chi connectivity index (χ2v) is 7.02. The van der Waals surface area contributed by atoms with Crippen molar-refractivity contribution in [2.75, 3.05) is 19.0 Å². The normalized spacial score (nSPS) is 15.1. The number of hydrogen-bond acceptors (Lipinski definition) is 8. The molecule has 3 aromatic rings. The van der Waals surface area contributed by atoms with Gasteiger partial charge in [0.1, 0.15) is 18.5 Å². The van der Waals surface area contributed by atoms with E-state index in [1.165, 1.54) is 17.9 Å². The molecule has 0 radical (unpaired) electrons. The Morgan fingerprint density at radius 1 is 1.19 bits per heavy atom. The summed E-state index contributed by atoms with van der Waals surface area (Å²) in [5.41, 5.74) is 2.08. The third-order valence-electron chi connectivity index (χ3n) is 5.04. The van der Waals surface area contributed by atoms with Crippen LogP contribution in [-0.2, 0) is 16.1 Å². The Labute approximate surface area is 183 Å². The Bertz CT molecular complexity index is 1180. The van der Waals surface area contributed by atoms with Crippen LogP contribution >= 0.6 is 0 Å². The number of esters is 1. The van der Waals surface area contributed by atoms with Gasteiger partial charge in [-0.05, 0) is 48.0 Å².